The van der Waals surface area contributed by atoms with Crippen LogP contribution in [0.4, 0.5) is 0 Å². The lowest BCUT2D eigenvalue weighted by atomic mass is 10.2. The predicted octanol–water partition coefficient (Wildman–Crippen LogP) is 0.509. The molecule has 0 saturated carbocycles. The van der Waals surface area contributed by atoms with Crippen LogP contribution in [-0.4, -0.2) is 74.2 Å². The monoisotopic (exact) mass is 286 g/mol. The van der Waals surface area contributed by atoms with Crippen LogP contribution in [0.5, 0.6) is 0 Å². The van der Waals surface area contributed by atoms with Gasteiger partial charge >= 0.3 is 5.97 Å². The second-order valence-corrected chi connectivity index (χ2v) is 4.97. The number of methoxy groups -OCH3 is 1. The van der Waals surface area contributed by atoms with Crippen LogP contribution in [0.1, 0.15) is 26.7 Å². The Kier molecular flexibility index (Phi) is 7.54. The molecule has 0 aliphatic carbocycles. The highest BCUT2D eigenvalue weighted by atomic mass is 16.5. The first-order valence-electron chi connectivity index (χ1n) is 7.31. The van der Waals surface area contributed by atoms with E-state index in [1.54, 1.807) is 0 Å². The first kappa shape index (κ1) is 16.9. The van der Waals surface area contributed by atoms with Crippen molar-refractivity contribution in [3.8, 4) is 0 Å². The second kappa shape index (κ2) is 8.92. The van der Waals surface area contributed by atoms with Gasteiger partial charge in [0.2, 0.25) is 5.91 Å². The molecule has 1 fully saturated rings. The Labute approximate surface area is 121 Å². The molecule has 0 spiro atoms. The van der Waals surface area contributed by atoms with E-state index >= 15 is 0 Å². The molecule has 0 aromatic rings. The van der Waals surface area contributed by atoms with Crippen molar-refractivity contribution in [3.05, 3.63) is 0 Å². The summed E-state index contributed by atoms with van der Waals surface area (Å²) in [5.74, 6) is -0.264. The van der Waals surface area contributed by atoms with Gasteiger partial charge in [0, 0.05) is 19.6 Å². The minimum absolute atomic E-state index is 0.0736. The van der Waals surface area contributed by atoms with Gasteiger partial charge in [-0.3, -0.25) is 14.5 Å². The molecule has 116 valence electrons. The minimum atomic E-state index is -0.470. The molecule has 6 heteroatoms. The first-order valence-corrected chi connectivity index (χ1v) is 7.31. The van der Waals surface area contributed by atoms with Crippen molar-refractivity contribution < 1.29 is 19.1 Å². The standard InChI is InChI=1S/C14H26N2O4/c1-4-6-15(7-5-2)13(17)10-16-8-9-20-11-12(16)14(18)19-3/h12H,4-11H2,1-3H3. The van der Waals surface area contributed by atoms with Gasteiger partial charge < -0.3 is 14.4 Å². The fourth-order valence-corrected chi connectivity index (χ4v) is 2.36. The van der Waals surface area contributed by atoms with E-state index in [2.05, 4.69) is 13.8 Å². The summed E-state index contributed by atoms with van der Waals surface area (Å²) in [4.78, 5) is 27.8. The van der Waals surface area contributed by atoms with Crippen LogP contribution in [0.25, 0.3) is 0 Å². The number of carbonyl (C=O) groups excluding carboxylic acids is 2. The van der Waals surface area contributed by atoms with Crippen molar-refractivity contribution in [2.75, 3.05) is 46.5 Å². The van der Waals surface area contributed by atoms with Crippen LogP contribution in [0.3, 0.4) is 0 Å². The molecule has 1 aliphatic heterocycles. The van der Waals surface area contributed by atoms with Gasteiger partial charge in [-0.25, -0.2) is 0 Å². The normalized spacial score (nSPS) is 19.6. The number of ether oxygens (including phenoxy) is 2. The Balaban J connectivity index is 2.62. The van der Waals surface area contributed by atoms with E-state index in [0.717, 1.165) is 25.9 Å². The summed E-state index contributed by atoms with van der Waals surface area (Å²) in [5.41, 5.74) is 0. The van der Waals surface area contributed by atoms with Crippen molar-refractivity contribution >= 4 is 11.9 Å². The number of nitrogens with zero attached hydrogens (tertiary/aromatic N) is 2. The zero-order valence-corrected chi connectivity index (χ0v) is 12.8. The lowest BCUT2D eigenvalue weighted by Gasteiger charge is -2.34. The van der Waals surface area contributed by atoms with Crippen molar-refractivity contribution in [1.82, 2.24) is 9.80 Å². The van der Waals surface area contributed by atoms with E-state index < -0.39 is 6.04 Å². The first-order chi connectivity index (χ1) is 9.63. The summed E-state index contributed by atoms with van der Waals surface area (Å²) < 4.78 is 10.1. The highest BCUT2D eigenvalue weighted by Gasteiger charge is 2.32. The lowest BCUT2D eigenvalue weighted by Crippen LogP contribution is -2.54. The predicted molar refractivity (Wildman–Crippen MR) is 75.4 cm³/mol. The van der Waals surface area contributed by atoms with Gasteiger partial charge in [-0.1, -0.05) is 13.8 Å². The number of morpholine rings is 1. The number of hydrogen-bond acceptors (Lipinski definition) is 5. The van der Waals surface area contributed by atoms with Gasteiger partial charge in [0.1, 0.15) is 6.04 Å². The van der Waals surface area contributed by atoms with Gasteiger partial charge in [0.15, 0.2) is 0 Å². The number of rotatable bonds is 7. The van der Waals surface area contributed by atoms with Crippen molar-refractivity contribution in [2.24, 2.45) is 0 Å². The van der Waals surface area contributed by atoms with E-state index in [4.69, 9.17) is 9.47 Å². The average Bonchev–Trinajstić information content (AvgIpc) is 2.46. The van der Waals surface area contributed by atoms with Gasteiger partial charge in [-0.15, -0.1) is 0 Å². The fraction of sp³-hybridized carbons (Fsp3) is 0.857. The molecule has 0 aromatic carbocycles. The zero-order chi connectivity index (χ0) is 15.0. The van der Waals surface area contributed by atoms with Crippen molar-refractivity contribution in [1.29, 1.82) is 0 Å². The largest absolute Gasteiger partial charge is 0.468 e. The molecule has 0 N–H and O–H groups in total. The molecule has 1 saturated heterocycles. The molecule has 1 amide bonds. The van der Waals surface area contributed by atoms with E-state index in [1.165, 1.54) is 7.11 Å². The van der Waals surface area contributed by atoms with Crippen LogP contribution in [-0.2, 0) is 19.1 Å². The van der Waals surface area contributed by atoms with Gasteiger partial charge in [-0.2, -0.15) is 0 Å². The lowest BCUT2D eigenvalue weighted by molar-refractivity contribution is -0.155. The van der Waals surface area contributed by atoms with Gasteiger partial charge in [-0.05, 0) is 12.8 Å². The Hall–Kier alpha value is -1.14. The zero-order valence-electron chi connectivity index (χ0n) is 12.8. The highest BCUT2D eigenvalue weighted by Crippen LogP contribution is 2.09. The summed E-state index contributed by atoms with van der Waals surface area (Å²) in [5, 5.41) is 0. The summed E-state index contributed by atoms with van der Waals surface area (Å²) >= 11 is 0. The highest BCUT2D eigenvalue weighted by molar-refractivity contribution is 5.80. The molecular formula is C14H26N2O4. The molecule has 0 aromatic heterocycles. The van der Waals surface area contributed by atoms with Crippen molar-refractivity contribution in [2.45, 2.75) is 32.7 Å². The Morgan fingerprint density at radius 3 is 2.50 bits per heavy atom. The summed E-state index contributed by atoms with van der Waals surface area (Å²) in [6.45, 7) is 7.31. The Morgan fingerprint density at radius 2 is 1.95 bits per heavy atom. The number of carbonyl (C=O) groups is 2. The molecule has 1 rings (SSSR count). The molecule has 1 heterocycles. The summed E-state index contributed by atoms with van der Waals surface area (Å²) in [6, 6.07) is -0.470. The van der Waals surface area contributed by atoms with E-state index in [-0.39, 0.29) is 18.4 Å². The van der Waals surface area contributed by atoms with Crippen molar-refractivity contribution in [3.63, 3.8) is 0 Å². The average molecular weight is 286 g/mol. The summed E-state index contributed by atoms with van der Waals surface area (Å²) in [6.07, 6.45) is 1.88. The van der Waals surface area contributed by atoms with Crippen LogP contribution in [0, 0.1) is 0 Å². The third-order valence-electron chi connectivity index (χ3n) is 3.39. The molecule has 6 nitrogen and oxygen atoms in total. The summed E-state index contributed by atoms with van der Waals surface area (Å²) in [7, 11) is 1.36. The maximum Gasteiger partial charge on any atom is 0.325 e. The van der Waals surface area contributed by atoms with Gasteiger partial charge in [0.25, 0.3) is 0 Å². The quantitative estimate of drug-likeness (QED) is 0.638. The van der Waals surface area contributed by atoms with E-state index in [9.17, 15) is 9.59 Å². The molecule has 1 atom stereocenters. The van der Waals surface area contributed by atoms with Crippen LogP contribution in [0.15, 0.2) is 0 Å². The molecule has 0 bridgehead atoms. The number of hydrogen-bond donors (Lipinski definition) is 0. The van der Waals surface area contributed by atoms with Crippen LogP contribution >= 0.6 is 0 Å². The van der Waals surface area contributed by atoms with Gasteiger partial charge in [0.05, 0.1) is 26.9 Å². The Morgan fingerprint density at radius 1 is 1.30 bits per heavy atom. The SMILES string of the molecule is CCCN(CCC)C(=O)CN1CCOCC1C(=O)OC. The molecule has 1 aliphatic rings. The maximum absolute atomic E-state index is 12.3. The third-order valence-corrected chi connectivity index (χ3v) is 3.39. The minimum Gasteiger partial charge on any atom is -0.468 e. The molecule has 0 radical (unpaired) electrons. The van der Waals surface area contributed by atoms with E-state index in [1.807, 2.05) is 9.80 Å². The third kappa shape index (κ3) is 4.76. The van der Waals surface area contributed by atoms with Crippen LogP contribution < -0.4 is 0 Å². The molecule has 20 heavy (non-hydrogen) atoms. The topological polar surface area (TPSA) is 59.1 Å². The molecule has 1 unspecified atom stereocenters. The fourth-order valence-electron chi connectivity index (χ4n) is 2.36. The maximum atomic E-state index is 12.3. The van der Waals surface area contributed by atoms with Crippen LogP contribution in [0.2, 0.25) is 0 Å². The number of esters is 1. The Bertz CT molecular complexity index is 316. The second-order valence-electron chi connectivity index (χ2n) is 4.97. The smallest absolute Gasteiger partial charge is 0.325 e. The number of amides is 1. The molecular weight excluding hydrogens is 260 g/mol. The van der Waals surface area contributed by atoms with E-state index in [0.29, 0.717) is 19.8 Å².